The molecule has 0 saturated carbocycles. The van der Waals surface area contributed by atoms with E-state index in [1.807, 2.05) is 0 Å². The molecule has 0 aliphatic carbocycles. The van der Waals surface area contributed by atoms with Gasteiger partial charge in [0.2, 0.25) is 5.91 Å². The lowest BCUT2D eigenvalue weighted by Crippen LogP contribution is -2.25. The average Bonchev–Trinajstić information content (AvgIpc) is 2.33. The summed E-state index contributed by atoms with van der Waals surface area (Å²) >= 11 is 0. The van der Waals surface area contributed by atoms with E-state index in [2.05, 4.69) is 11.9 Å². The molecular weight excluding hydrogens is 142 g/mol. The molecule has 0 aromatic rings. The van der Waals surface area contributed by atoms with Gasteiger partial charge in [0.05, 0.1) is 0 Å². The predicted octanol–water partition coefficient (Wildman–Crippen LogP) is 0.268. The molecule has 0 aromatic carbocycles. The number of ketones is 1. The lowest BCUT2D eigenvalue weighted by Gasteiger charge is -2.03. The van der Waals surface area contributed by atoms with E-state index in [0.29, 0.717) is 18.5 Å². The van der Waals surface area contributed by atoms with Crippen molar-refractivity contribution in [3.63, 3.8) is 0 Å². The van der Waals surface area contributed by atoms with E-state index in [1.165, 1.54) is 0 Å². The predicted molar refractivity (Wildman–Crippen MR) is 40.9 cm³/mol. The van der Waals surface area contributed by atoms with Crippen LogP contribution in [0, 0.1) is 5.92 Å². The fourth-order valence-electron chi connectivity index (χ4n) is 1.14. The van der Waals surface area contributed by atoms with Gasteiger partial charge in [-0.05, 0) is 18.9 Å². The van der Waals surface area contributed by atoms with Crippen LogP contribution in [-0.4, -0.2) is 18.2 Å². The van der Waals surface area contributed by atoms with E-state index in [-0.39, 0.29) is 11.7 Å². The second-order valence-electron chi connectivity index (χ2n) is 2.78. The molecule has 0 radical (unpaired) electrons. The van der Waals surface area contributed by atoms with E-state index >= 15 is 0 Å². The highest BCUT2D eigenvalue weighted by atomic mass is 16.2. The van der Waals surface area contributed by atoms with Gasteiger partial charge >= 0.3 is 0 Å². The molecule has 1 heterocycles. The zero-order valence-electron chi connectivity index (χ0n) is 6.52. The van der Waals surface area contributed by atoms with Crippen molar-refractivity contribution in [2.24, 2.45) is 5.92 Å². The van der Waals surface area contributed by atoms with Gasteiger partial charge in [0, 0.05) is 6.54 Å². The number of carbonyl (C=O) groups excluding carboxylic acids is 2. The maximum atomic E-state index is 11.2. The maximum absolute atomic E-state index is 11.2. The molecule has 1 atom stereocenters. The summed E-state index contributed by atoms with van der Waals surface area (Å²) < 4.78 is 0. The van der Waals surface area contributed by atoms with Crippen LogP contribution < -0.4 is 5.32 Å². The number of allylic oxidation sites excluding steroid dienone is 1. The van der Waals surface area contributed by atoms with Crippen molar-refractivity contribution in [3.8, 4) is 0 Å². The molecule has 1 saturated heterocycles. The highest BCUT2D eigenvalue weighted by Crippen LogP contribution is 2.13. The summed E-state index contributed by atoms with van der Waals surface area (Å²) in [5.41, 5.74) is 0.465. The Bertz CT molecular complexity index is 220. The largest absolute Gasteiger partial charge is 0.355 e. The molecule has 1 aliphatic heterocycles. The Kier molecular flexibility index (Phi) is 2.08. The number of rotatable bonds is 2. The van der Waals surface area contributed by atoms with Crippen molar-refractivity contribution < 1.29 is 9.59 Å². The van der Waals surface area contributed by atoms with Crippen LogP contribution in [0.5, 0.6) is 0 Å². The lowest BCUT2D eigenvalue weighted by molar-refractivity contribution is -0.129. The molecular formula is C8H11NO2. The molecule has 0 bridgehead atoms. The first-order chi connectivity index (χ1) is 5.13. The highest BCUT2D eigenvalue weighted by molar-refractivity contribution is 6.09. The average molecular weight is 153 g/mol. The van der Waals surface area contributed by atoms with Crippen molar-refractivity contribution in [1.29, 1.82) is 0 Å². The maximum Gasteiger partial charge on any atom is 0.231 e. The Hall–Kier alpha value is -1.12. The Morgan fingerprint density at radius 3 is 2.73 bits per heavy atom. The van der Waals surface area contributed by atoms with Gasteiger partial charge in [-0.15, -0.1) is 0 Å². The number of amides is 1. The molecule has 3 nitrogen and oxygen atoms in total. The van der Waals surface area contributed by atoms with Gasteiger partial charge in [-0.3, -0.25) is 9.59 Å². The smallest absolute Gasteiger partial charge is 0.231 e. The van der Waals surface area contributed by atoms with Crippen molar-refractivity contribution in [1.82, 2.24) is 5.32 Å². The fourth-order valence-corrected chi connectivity index (χ4v) is 1.14. The number of hydrogen-bond donors (Lipinski definition) is 1. The minimum atomic E-state index is -0.465. The van der Waals surface area contributed by atoms with Gasteiger partial charge in [0.15, 0.2) is 5.78 Å². The van der Waals surface area contributed by atoms with Gasteiger partial charge in [0.1, 0.15) is 5.92 Å². The first-order valence-corrected chi connectivity index (χ1v) is 3.60. The van der Waals surface area contributed by atoms with Crippen molar-refractivity contribution in [3.05, 3.63) is 12.2 Å². The minimum Gasteiger partial charge on any atom is -0.355 e. The van der Waals surface area contributed by atoms with Gasteiger partial charge in [-0.2, -0.15) is 0 Å². The zero-order valence-corrected chi connectivity index (χ0v) is 6.52. The monoisotopic (exact) mass is 153 g/mol. The van der Waals surface area contributed by atoms with Crippen LogP contribution in [-0.2, 0) is 9.59 Å². The SMILES string of the molecule is C=C(C)C(=O)C1CCNC1=O. The van der Waals surface area contributed by atoms with Crippen molar-refractivity contribution in [2.45, 2.75) is 13.3 Å². The molecule has 3 heteroatoms. The molecule has 1 fully saturated rings. The van der Waals surface area contributed by atoms with Crippen LogP contribution in [0.15, 0.2) is 12.2 Å². The first-order valence-electron chi connectivity index (χ1n) is 3.60. The van der Waals surface area contributed by atoms with Crippen LogP contribution in [0.2, 0.25) is 0 Å². The van der Waals surface area contributed by atoms with E-state index in [4.69, 9.17) is 0 Å². The minimum absolute atomic E-state index is 0.125. The topological polar surface area (TPSA) is 46.2 Å². The number of hydrogen-bond acceptors (Lipinski definition) is 2. The van der Waals surface area contributed by atoms with Crippen LogP contribution in [0.1, 0.15) is 13.3 Å². The fraction of sp³-hybridized carbons (Fsp3) is 0.500. The summed E-state index contributed by atoms with van der Waals surface area (Å²) in [4.78, 5) is 22.1. The summed E-state index contributed by atoms with van der Waals surface area (Å²) in [5.74, 6) is -0.745. The first kappa shape index (κ1) is 7.98. The summed E-state index contributed by atoms with van der Waals surface area (Å²) in [6.45, 7) is 5.75. The summed E-state index contributed by atoms with van der Waals surface area (Å²) in [5, 5.41) is 2.60. The standard InChI is InChI=1S/C8H11NO2/c1-5(2)7(10)6-3-4-9-8(6)11/h6H,1,3-4H2,2H3,(H,9,11). The van der Waals surface area contributed by atoms with Crippen LogP contribution in [0.25, 0.3) is 0 Å². The lowest BCUT2D eigenvalue weighted by atomic mass is 9.98. The third-order valence-electron chi connectivity index (χ3n) is 1.79. The van der Waals surface area contributed by atoms with Gasteiger partial charge in [-0.25, -0.2) is 0 Å². The molecule has 1 amide bonds. The third kappa shape index (κ3) is 1.48. The highest BCUT2D eigenvalue weighted by Gasteiger charge is 2.30. The van der Waals surface area contributed by atoms with Crippen LogP contribution in [0.4, 0.5) is 0 Å². The third-order valence-corrected chi connectivity index (χ3v) is 1.79. The number of Topliss-reactive ketones (excluding diaryl/α,β-unsaturated/α-hetero) is 1. The van der Waals surface area contributed by atoms with E-state index < -0.39 is 5.92 Å². The van der Waals surface area contributed by atoms with E-state index in [1.54, 1.807) is 6.92 Å². The van der Waals surface area contributed by atoms with Crippen LogP contribution in [0.3, 0.4) is 0 Å². The second-order valence-corrected chi connectivity index (χ2v) is 2.78. The Morgan fingerprint density at radius 2 is 2.36 bits per heavy atom. The van der Waals surface area contributed by atoms with Gasteiger partial charge in [-0.1, -0.05) is 6.58 Å². The quantitative estimate of drug-likeness (QED) is 0.457. The molecule has 11 heavy (non-hydrogen) atoms. The molecule has 1 rings (SSSR count). The zero-order chi connectivity index (χ0) is 8.43. The van der Waals surface area contributed by atoms with E-state index in [9.17, 15) is 9.59 Å². The second kappa shape index (κ2) is 2.86. The van der Waals surface area contributed by atoms with Crippen molar-refractivity contribution >= 4 is 11.7 Å². The summed E-state index contributed by atoms with van der Waals surface area (Å²) in [7, 11) is 0. The Labute approximate surface area is 65.5 Å². The molecule has 1 unspecified atom stereocenters. The van der Waals surface area contributed by atoms with Gasteiger partial charge in [0.25, 0.3) is 0 Å². The summed E-state index contributed by atoms with van der Waals surface area (Å²) in [6.07, 6.45) is 0.616. The molecule has 1 aliphatic rings. The number of nitrogens with one attached hydrogen (secondary N) is 1. The molecule has 60 valence electrons. The molecule has 0 spiro atoms. The Morgan fingerprint density at radius 1 is 1.73 bits per heavy atom. The van der Waals surface area contributed by atoms with Crippen molar-refractivity contribution in [2.75, 3.05) is 6.54 Å². The van der Waals surface area contributed by atoms with Gasteiger partial charge < -0.3 is 5.32 Å². The summed E-state index contributed by atoms with van der Waals surface area (Å²) in [6, 6.07) is 0. The van der Waals surface area contributed by atoms with E-state index in [0.717, 1.165) is 0 Å². The number of carbonyl (C=O) groups is 2. The molecule has 1 N–H and O–H groups in total. The van der Waals surface area contributed by atoms with Crippen LogP contribution >= 0.6 is 0 Å². The normalized spacial score (nSPS) is 23.0. The Balaban J connectivity index is 2.67. The molecule has 0 aromatic heterocycles.